The number of anilines is 1. The first kappa shape index (κ1) is 16.0. The monoisotopic (exact) mass is 356 g/mol. The molecular formula is C15H25BrN2OSi. The summed E-state index contributed by atoms with van der Waals surface area (Å²) < 4.78 is 7.41. The average Bonchev–Trinajstić information content (AvgIpc) is 2.75. The summed E-state index contributed by atoms with van der Waals surface area (Å²) in [7, 11) is -1.66. The third-order valence-electron chi connectivity index (χ3n) is 4.49. The van der Waals surface area contributed by atoms with E-state index in [1.54, 1.807) is 0 Å². The highest BCUT2D eigenvalue weighted by Crippen LogP contribution is 2.38. The minimum atomic E-state index is -1.66. The van der Waals surface area contributed by atoms with Crippen LogP contribution in [0, 0.1) is 0 Å². The highest BCUT2D eigenvalue weighted by atomic mass is 79.9. The molecule has 3 nitrogen and oxygen atoms in total. The van der Waals surface area contributed by atoms with Gasteiger partial charge in [0.25, 0.3) is 0 Å². The predicted molar refractivity (Wildman–Crippen MR) is 90.8 cm³/mol. The van der Waals surface area contributed by atoms with Gasteiger partial charge < -0.3 is 9.33 Å². The molecule has 1 aromatic heterocycles. The average molecular weight is 357 g/mol. The lowest BCUT2D eigenvalue weighted by Gasteiger charge is -2.38. The van der Waals surface area contributed by atoms with Gasteiger partial charge in [-0.1, -0.05) is 20.8 Å². The Kier molecular flexibility index (Phi) is 4.62. The van der Waals surface area contributed by atoms with Crippen LogP contribution in [0.4, 0.5) is 5.69 Å². The first-order valence-corrected chi connectivity index (χ1v) is 10.9. The van der Waals surface area contributed by atoms with E-state index >= 15 is 0 Å². The molecule has 0 aliphatic carbocycles. The lowest BCUT2D eigenvalue weighted by atomic mass is 10.2. The Morgan fingerprint density at radius 2 is 2.10 bits per heavy atom. The summed E-state index contributed by atoms with van der Waals surface area (Å²) in [6.07, 6.45) is 3.33. The van der Waals surface area contributed by atoms with Gasteiger partial charge in [0.1, 0.15) is 4.60 Å². The van der Waals surface area contributed by atoms with Crippen molar-refractivity contribution in [3.05, 3.63) is 22.9 Å². The third-order valence-corrected chi connectivity index (χ3v) is 9.46. The Hall–Kier alpha value is -0.393. The van der Waals surface area contributed by atoms with Gasteiger partial charge >= 0.3 is 0 Å². The van der Waals surface area contributed by atoms with E-state index in [-0.39, 0.29) is 5.04 Å². The number of rotatable bonds is 3. The lowest BCUT2D eigenvalue weighted by Crippen LogP contribution is -2.44. The highest BCUT2D eigenvalue weighted by molar-refractivity contribution is 9.10. The maximum atomic E-state index is 6.52. The fraction of sp³-hybridized carbons (Fsp3) is 0.667. The molecule has 0 saturated carbocycles. The number of pyridine rings is 1. The Bertz CT molecular complexity index is 473. The van der Waals surface area contributed by atoms with E-state index in [4.69, 9.17) is 4.43 Å². The molecule has 112 valence electrons. The molecule has 1 saturated heterocycles. The van der Waals surface area contributed by atoms with Gasteiger partial charge in [0.15, 0.2) is 8.32 Å². The van der Waals surface area contributed by atoms with Crippen LogP contribution in [0.15, 0.2) is 22.9 Å². The molecule has 5 heteroatoms. The number of halogens is 1. The van der Waals surface area contributed by atoms with Crippen molar-refractivity contribution in [3.8, 4) is 0 Å². The van der Waals surface area contributed by atoms with Crippen LogP contribution in [0.1, 0.15) is 27.2 Å². The second kappa shape index (κ2) is 5.77. The molecular weight excluding hydrogens is 332 g/mol. The molecule has 0 N–H and O–H groups in total. The smallest absolute Gasteiger partial charge is 0.192 e. The van der Waals surface area contributed by atoms with Gasteiger partial charge in [0.2, 0.25) is 0 Å². The topological polar surface area (TPSA) is 25.4 Å². The fourth-order valence-corrected chi connectivity index (χ4v) is 3.97. The van der Waals surface area contributed by atoms with E-state index in [9.17, 15) is 0 Å². The zero-order valence-corrected chi connectivity index (χ0v) is 15.7. The van der Waals surface area contributed by atoms with Crippen molar-refractivity contribution in [3.63, 3.8) is 0 Å². The molecule has 1 atom stereocenters. The van der Waals surface area contributed by atoms with Crippen LogP contribution in [-0.4, -0.2) is 32.5 Å². The second-order valence-corrected chi connectivity index (χ2v) is 12.6. The van der Waals surface area contributed by atoms with E-state index in [1.165, 1.54) is 5.69 Å². The van der Waals surface area contributed by atoms with Crippen molar-refractivity contribution in [2.24, 2.45) is 0 Å². The Morgan fingerprint density at radius 1 is 1.40 bits per heavy atom. The van der Waals surface area contributed by atoms with Crippen molar-refractivity contribution in [2.75, 3.05) is 18.0 Å². The quantitative estimate of drug-likeness (QED) is 0.591. The van der Waals surface area contributed by atoms with Gasteiger partial charge in [-0.15, -0.1) is 0 Å². The first-order valence-electron chi connectivity index (χ1n) is 7.23. The van der Waals surface area contributed by atoms with Crippen molar-refractivity contribution in [2.45, 2.75) is 51.4 Å². The van der Waals surface area contributed by atoms with Gasteiger partial charge in [0.05, 0.1) is 6.10 Å². The minimum absolute atomic E-state index is 0.278. The molecule has 0 aromatic carbocycles. The molecule has 0 spiro atoms. The van der Waals surface area contributed by atoms with E-state index in [1.807, 2.05) is 6.20 Å². The summed E-state index contributed by atoms with van der Waals surface area (Å²) in [5.74, 6) is 0. The van der Waals surface area contributed by atoms with Crippen molar-refractivity contribution in [1.29, 1.82) is 0 Å². The number of aromatic nitrogens is 1. The van der Waals surface area contributed by atoms with Crippen LogP contribution in [0.25, 0.3) is 0 Å². The van der Waals surface area contributed by atoms with Gasteiger partial charge in [-0.3, -0.25) is 0 Å². The van der Waals surface area contributed by atoms with Crippen LogP contribution in [0.5, 0.6) is 0 Å². The van der Waals surface area contributed by atoms with Crippen molar-refractivity contribution in [1.82, 2.24) is 4.98 Å². The first-order chi connectivity index (χ1) is 9.19. The molecule has 2 heterocycles. The van der Waals surface area contributed by atoms with Crippen LogP contribution in [-0.2, 0) is 4.43 Å². The van der Waals surface area contributed by atoms with Crippen LogP contribution < -0.4 is 4.90 Å². The highest BCUT2D eigenvalue weighted by Gasteiger charge is 2.40. The normalized spacial score (nSPS) is 20.5. The van der Waals surface area contributed by atoms with E-state index in [0.717, 1.165) is 24.1 Å². The summed E-state index contributed by atoms with van der Waals surface area (Å²) in [6, 6.07) is 4.15. The lowest BCUT2D eigenvalue weighted by molar-refractivity contribution is 0.202. The van der Waals surface area contributed by atoms with Crippen LogP contribution in [0.2, 0.25) is 18.1 Å². The van der Waals surface area contributed by atoms with Crippen molar-refractivity contribution < 1.29 is 4.43 Å². The van der Waals surface area contributed by atoms with Crippen LogP contribution in [0.3, 0.4) is 0 Å². The largest absolute Gasteiger partial charge is 0.412 e. The Balaban J connectivity index is 2.00. The van der Waals surface area contributed by atoms with Gasteiger partial charge in [-0.2, -0.15) is 0 Å². The summed E-state index contributed by atoms with van der Waals surface area (Å²) in [6.45, 7) is 13.6. The summed E-state index contributed by atoms with van der Waals surface area (Å²) in [4.78, 5) is 6.58. The summed E-state index contributed by atoms with van der Waals surface area (Å²) >= 11 is 3.44. The van der Waals surface area contributed by atoms with Gasteiger partial charge in [-0.25, -0.2) is 4.98 Å². The zero-order chi connectivity index (χ0) is 15.0. The molecule has 1 aliphatic rings. The van der Waals surface area contributed by atoms with Crippen molar-refractivity contribution >= 4 is 29.9 Å². The predicted octanol–water partition coefficient (Wildman–Crippen LogP) is 4.44. The molecule has 0 amide bonds. The fourth-order valence-electron chi connectivity index (χ4n) is 2.24. The summed E-state index contributed by atoms with van der Waals surface area (Å²) in [5, 5.41) is 0.278. The molecule has 1 aromatic rings. The second-order valence-electron chi connectivity index (χ2n) is 7.07. The molecule has 0 unspecified atom stereocenters. The number of hydrogen-bond donors (Lipinski definition) is 0. The molecule has 1 fully saturated rings. The third kappa shape index (κ3) is 3.62. The SMILES string of the molecule is CC(C)(C)[Si](C)(C)O[C@H]1CCN(c2ccnc(Br)c2)C1. The Labute approximate surface area is 132 Å². The van der Waals surface area contributed by atoms with Crippen LogP contribution >= 0.6 is 15.9 Å². The minimum Gasteiger partial charge on any atom is -0.412 e. The standard InChI is InChI=1S/C15H25BrN2OSi/c1-15(2,3)20(4,5)19-13-7-9-18(11-13)12-6-8-17-14(16)10-12/h6,8,10,13H,7,9,11H2,1-5H3/t13-/m0/s1. The number of hydrogen-bond acceptors (Lipinski definition) is 3. The maximum Gasteiger partial charge on any atom is 0.192 e. The van der Waals surface area contributed by atoms with Gasteiger partial charge in [0, 0.05) is 25.0 Å². The molecule has 0 bridgehead atoms. The van der Waals surface area contributed by atoms with Gasteiger partial charge in [-0.05, 0) is 52.6 Å². The molecule has 0 radical (unpaired) electrons. The summed E-state index contributed by atoms with van der Waals surface area (Å²) in [5.41, 5.74) is 1.23. The van der Waals surface area contributed by atoms with E-state index in [2.05, 4.69) is 71.8 Å². The zero-order valence-electron chi connectivity index (χ0n) is 13.1. The maximum absolute atomic E-state index is 6.52. The number of nitrogens with zero attached hydrogens (tertiary/aromatic N) is 2. The Morgan fingerprint density at radius 3 is 2.70 bits per heavy atom. The van der Waals surface area contributed by atoms with E-state index in [0.29, 0.717) is 6.10 Å². The van der Waals surface area contributed by atoms with E-state index < -0.39 is 8.32 Å². The molecule has 2 rings (SSSR count). The molecule has 20 heavy (non-hydrogen) atoms. The molecule has 1 aliphatic heterocycles.